The van der Waals surface area contributed by atoms with Crippen LogP contribution in [0.25, 0.3) is 0 Å². The fourth-order valence-corrected chi connectivity index (χ4v) is 2.81. The highest BCUT2D eigenvalue weighted by Crippen LogP contribution is 2.22. The molecule has 5 nitrogen and oxygen atoms in total. The fourth-order valence-electron chi connectivity index (χ4n) is 2.81. The van der Waals surface area contributed by atoms with Gasteiger partial charge in [0.15, 0.2) is 0 Å². The summed E-state index contributed by atoms with van der Waals surface area (Å²) >= 11 is 0. The highest BCUT2D eigenvalue weighted by Gasteiger charge is 2.13. The molecule has 3 aromatic rings. The van der Waals surface area contributed by atoms with Gasteiger partial charge in [-0.1, -0.05) is 30.3 Å². The van der Waals surface area contributed by atoms with Gasteiger partial charge in [-0.05, 0) is 56.7 Å². The molecule has 0 aliphatic heterocycles. The zero-order valence-electron chi connectivity index (χ0n) is 16.1. The van der Waals surface area contributed by atoms with Crippen molar-refractivity contribution in [1.29, 1.82) is 0 Å². The second kappa shape index (κ2) is 9.03. The summed E-state index contributed by atoms with van der Waals surface area (Å²) in [7, 11) is 0. The maximum Gasteiger partial charge on any atom is 0.229 e. The Kier molecular flexibility index (Phi) is 6.26. The summed E-state index contributed by atoms with van der Waals surface area (Å²) in [6, 6.07) is 20.5. The van der Waals surface area contributed by atoms with Gasteiger partial charge in [-0.15, -0.1) is 0 Å². The van der Waals surface area contributed by atoms with Crippen LogP contribution in [0.4, 0.5) is 17.5 Å². The molecule has 0 fully saturated rings. The van der Waals surface area contributed by atoms with Crippen LogP contribution in [0, 0.1) is 0 Å². The zero-order valence-corrected chi connectivity index (χ0v) is 16.1. The molecule has 0 spiro atoms. The minimum Gasteiger partial charge on any atom is -0.494 e. The van der Waals surface area contributed by atoms with E-state index in [1.165, 1.54) is 5.56 Å². The van der Waals surface area contributed by atoms with Gasteiger partial charge in [-0.3, -0.25) is 0 Å². The molecule has 0 unspecified atom stereocenters. The molecule has 0 bridgehead atoms. The van der Waals surface area contributed by atoms with Crippen molar-refractivity contribution in [3.63, 3.8) is 0 Å². The minimum atomic E-state index is 0.318. The summed E-state index contributed by atoms with van der Waals surface area (Å²) in [6.45, 7) is 7.78. The predicted molar refractivity (Wildman–Crippen MR) is 111 cm³/mol. The molecule has 0 radical (unpaired) electrons. The molecular formula is C22H26N4O. The molecule has 0 atom stereocenters. The minimum absolute atomic E-state index is 0.318. The third-order valence-electron chi connectivity index (χ3n) is 4.18. The topological polar surface area (TPSA) is 50.3 Å². The molecule has 3 rings (SSSR count). The van der Waals surface area contributed by atoms with Crippen LogP contribution in [0.1, 0.15) is 26.3 Å². The summed E-state index contributed by atoms with van der Waals surface area (Å²) < 4.78 is 5.48. The van der Waals surface area contributed by atoms with E-state index >= 15 is 0 Å². The van der Waals surface area contributed by atoms with Crippen molar-refractivity contribution in [3.8, 4) is 5.75 Å². The number of ether oxygens (including phenoxy) is 1. The summed E-state index contributed by atoms with van der Waals surface area (Å²) in [5.41, 5.74) is 2.18. The Morgan fingerprint density at radius 2 is 1.74 bits per heavy atom. The third kappa shape index (κ3) is 5.20. The number of nitrogens with zero attached hydrogens (tertiary/aromatic N) is 3. The van der Waals surface area contributed by atoms with E-state index in [1.807, 2.05) is 43.3 Å². The van der Waals surface area contributed by atoms with Gasteiger partial charge in [0, 0.05) is 24.5 Å². The van der Waals surface area contributed by atoms with E-state index in [4.69, 9.17) is 9.72 Å². The number of rotatable bonds is 8. The molecule has 5 heteroatoms. The first kappa shape index (κ1) is 18.7. The van der Waals surface area contributed by atoms with E-state index in [0.717, 1.165) is 23.8 Å². The van der Waals surface area contributed by atoms with Crippen molar-refractivity contribution in [3.05, 3.63) is 72.4 Å². The Balaban J connectivity index is 1.76. The lowest BCUT2D eigenvalue weighted by molar-refractivity contribution is 0.340. The van der Waals surface area contributed by atoms with Gasteiger partial charge in [0.25, 0.3) is 0 Å². The van der Waals surface area contributed by atoms with Crippen LogP contribution in [0.15, 0.2) is 66.9 Å². The van der Waals surface area contributed by atoms with Crippen molar-refractivity contribution in [2.45, 2.75) is 33.4 Å². The monoisotopic (exact) mass is 362 g/mol. The highest BCUT2D eigenvalue weighted by atomic mass is 16.5. The van der Waals surface area contributed by atoms with Crippen molar-refractivity contribution < 1.29 is 4.74 Å². The van der Waals surface area contributed by atoms with Crippen LogP contribution >= 0.6 is 0 Å². The van der Waals surface area contributed by atoms with Gasteiger partial charge in [0.05, 0.1) is 6.61 Å². The Morgan fingerprint density at radius 1 is 1.00 bits per heavy atom. The first-order valence-corrected chi connectivity index (χ1v) is 9.29. The van der Waals surface area contributed by atoms with Crippen LogP contribution in [0.3, 0.4) is 0 Å². The van der Waals surface area contributed by atoms with Gasteiger partial charge in [0.2, 0.25) is 5.95 Å². The Bertz CT molecular complexity index is 834. The van der Waals surface area contributed by atoms with Crippen LogP contribution in [0.2, 0.25) is 0 Å². The van der Waals surface area contributed by atoms with Crippen molar-refractivity contribution in [2.75, 3.05) is 16.8 Å². The number of hydrogen-bond donors (Lipinski definition) is 1. The molecule has 140 valence electrons. The number of hydrogen-bond acceptors (Lipinski definition) is 5. The predicted octanol–water partition coefficient (Wildman–Crippen LogP) is 5.03. The van der Waals surface area contributed by atoms with Gasteiger partial charge >= 0.3 is 0 Å². The van der Waals surface area contributed by atoms with Gasteiger partial charge in [0.1, 0.15) is 11.6 Å². The third-order valence-corrected chi connectivity index (χ3v) is 4.18. The average molecular weight is 362 g/mol. The SMILES string of the molecule is CCOc1ccc(Nc2nccc(N(Cc3ccccc3)C(C)C)n2)cc1. The molecular weight excluding hydrogens is 336 g/mol. The molecule has 0 amide bonds. The van der Waals surface area contributed by atoms with E-state index in [2.05, 4.69) is 53.3 Å². The quantitative estimate of drug-likeness (QED) is 0.609. The first-order chi connectivity index (χ1) is 13.2. The van der Waals surface area contributed by atoms with Crippen LogP contribution in [-0.2, 0) is 6.54 Å². The van der Waals surface area contributed by atoms with E-state index in [9.17, 15) is 0 Å². The van der Waals surface area contributed by atoms with Gasteiger partial charge < -0.3 is 15.0 Å². The van der Waals surface area contributed by atoms with E-state index in [-0.39, 0.29) is 0 Å². The molecule has 1 N–H and O–H groups in total. The second-order valence-corrected chi connectivity index (χ2v) is 6.53. The standard InChI is InChI=1S/C22H26N4O/c1-4-27-20-12-10-19(11-13-20)24-22-23-15-14-21(25-22)26(17(2)3)16-18-8-6-5-7-9-18/h5-15,17H,4,16H2,1-3H3,(H,23,24,25). The number of aromatic nitrogens is 2. The molecule has 0 aliphatic rings. The summed E-state index contributed by atoms with van der Waals surface area (Å²) in [4.78, 5) is 11.3. The second-order valence-electron chi connectivity index (χ2n) is 6.53. The van der Waals surface area contributed by atoms with E-state index < -0.39 is 0 Å². The highest BCUT2D eigenvalue weighted by molar-refractivity contribution is 5.56. The lowest BCUT2D eigenvalue weighted by Crippen LogP contribution is -2.31. The number of benzene rings is 2. The molecule has 0 saturated heterocycles. The largest absolute Gasteiger partial charge is 0.494 e. The Morgan fingerprint density at radius 3 is 2.41 bits per heavy atom. The average Bonchev–Trinajstić information content (AvgIpc) is 2.69. The summed E-state index contributed by atoms with van der Waals surface area (Å²) in [5, 5.41) is 3.27. The molecule has 0 aliphatic carbocycles. The lowest BCUT2D eigenvalue weighted by atomic mass is 10.2. The molecule has 1 aromatic heterocycles. The zero-order chi connectivity index (χ0) is 19.1. The van der Waals surface area contributed by atoms with Gasteiger partial charge in [-0.2, -0.15) is 4.98 Å². The Labute approximate surface area is 161 Å². The smallest absolute Gasteiger partial charge is 0.229 e. The number of nitrogens with one attached hydrogen (secondary N) is 1. The normalized spacial score (nSPS) is 10.7. The van der Waals surface area contributed by atoms with Gasteiger partial charge in [-0.25, -0.2) is 4.98 Å². The van der Waals surface area contributed by atoms with Crippen molar-refractivity contribution >= 4 is 17.5 Å². The van der Waals surface area contributed by atoms with Crippen LogP contribution < -0.4 is 15.0 Å². The first-order valence-electron chi connectivity index (χ1n) is 9.29. The summed E-state index contributed by atoms with van der Waals surface area (Å²) in [6.07, 6.45) is 1.79. The lowest BCUT2D eigenvalue weighted by Gasteiger charge is -2.28. The Hall–Kier alpha value is -3.08. The number of anilines is 3. The maximum absolute atomic E-state index is 5.48. The van der Waals surface area contributed by atoms with Crippen LogP contribution in [-0.4, -0.2) is 22.6 Å². The molecule has 2 aromatic carbocycles. The molecule has 0 saturated carbocycles. The molecule has 27 heavy (non-hydrogen) atoms. The van der Waals surface area contributed by atoms with E-state index in [0.29, 0.717) is 18.6 Å². The van der Waals surface area contributed by atoms with Crippen molar-refractivity contribution in [1.82, 2.24) is 9.97 Å². The molecule has 1 heterocycles. The summed E-state index contributed by atoms with van der Waals surface area (Å²) in [5.74, 6) is 2.33. The van der Waals surface area contributed by atoms with E-state index in [1.54, 1.807) is 6.20 Å². The fraction of sp³-hybridized carbons (Fsp3) is 0.273. The van der Waals surface area contributed by atoms with Crippen LogP contribution in [0.5, 0.6) is 5.75 Å². The maximum atomic E-state index is 5.48. The van der Waals surface area contributed by atoms with Crippen molar-refractivity contribution in [2.24, 2.45) is 0 Å².